The van der Waals surface area contributed by atoms with Crippen molar-refractivity contribution in [3.8, 4) is 5.75 Å². The average molecular weight is 535 g/mol. The fourth-order valence-electron chi connectivity index (χ4n) is 5.95. The fraction of sp³-hybridized carbons (Fsp3) is 0.500. The Bertz CT molecular complexity index is 1270. The van der Waals surface area contributed by atoms with Crippen molar-refractivity contribution in [1.29, 1.82) is 0 Å². The van der Waals surface area contributed by atoms with Crippen molar-refractivity contribution in [2.75, 3.05) is 37.8 Å². The summed E-state index contributed by atoms with van der Waals surface area (Å²) >= 11 is 6.31. The molecule has 0 aromatic heterocycles. The van der Waals surface area contributed by atoms with Crippen LogP contribution in [0.15, 0.2) is 41.3 Å². The summed E-state index contributed by atoms with van der Waals surface area (Å²) in [5.74, 6) is 0.219. The first-order valence-corrected chi connectivity index (χ1v) is 14.2. The first kappa shape index (κ1) is 25.3. The number of carbonyl (C=O) groups is 1. The average Bonchev–Trinajstić information content (AvgIpc) is 2.96. The van der Waals surface area contributed by atoms with Crippen molar-refractivity contribution in [2.45, 2.75) is 42.4 Å². The zero-order valence-electron chi connectivity index (χ0n) is 20.0. The Hall–Kier alpha value is -2.33. The van der Waals surface area contributed by atoms with Gasteiger partial charge in [0, 0.05) is 23.5 Å². The molecule has 2 aliphatic carbocycles. The van der Waals surface area contributed by atoms with Gasteiger partial charge in [-0.3, -0.25) is 0 Å². The maximum Gasteiger partial charge on any atom is 0.329 e. The number of carboxylic acids is 1. The van der Waals surface area contributed by atoms with E-state index in [9.17, 15) is 13.2 Å². The van der Waals surface area contributed by atoms with Crippen LogP contribution < -0.4 is 14.8 Å². The van der Waals surface area contributed by atoms with Gasteiger partial charge in [-0.1, -0.05) is 17.7 Å². The van der Waals surface area contributed by atoms with Crippen LogP contribution in [0.5, 0.6) is 5.75 Å². The van der Waals surface area contributed by atoms with E-state index in [4.69, 9.17) is 31.3 Å². The molecule has 1 saturated carbocycles. The molecule has 2 aromatic carbocycles. The summed E-state index contributed by atoms with van der Waals surface area (Å²) in [5.41, 5.74) is 2.92. The zero-order valence-corrected chi connectivity index (χ0v) is 21.6. The van der Waals surface area contributed by atoms with E-state index in [0.29, 0.717) is 38.0 Å². The van der Waals surface area contributed by atoms with E-state index in [-0.39, 0.29) is 22.8 Å². The lowest BCUT2D eigenvalue weighted by molar-refractivity contribution is -0.143. The molecule has 1 fully saturated rings. The molecule has 1 spiro atoms. The van der Waals surface area contributed by atoms with Gasteiger partial charge in [0.1, 0.15) is 12.4 Å². The number of sulfonamides is 1. The minimum absolute atomic E-state index is 0.0524. The topological polar surface area (TPSA) is 119 Å². The third-order valence-corrected chi connectivity index (χ3v) is 9.07. The number of carboxylic acid groups (broad SMARTS) is 1. The second kappa shape index (κ2) is 9.85. The Kier molecular flexibility index (Phi) is 6.93. The Morgan fingerprint density at radius 1 is 1.22 bits per heavy atom. The molecule has 10 heteroatoms. The molecule has 36 heavy (non-hydrogen) atoms. The van der Waals surface area contributed by atoms with Crippen LogP contribution in [0.2, 0.25) is 5.02 Å². The first-order valence-electron chi connectivity index (χ1n) is 12.3. The monoisotopic (exact) mass is 534 g/mol. The summed E-state index contributed by atoms with van der Waals surface area (Å²) in [7, 11) is -3.88. The molecular weight excluding hydrogens is 504 g/mol. The lowest BCUT2D eigenvalue weighted by Crippen LogP contribution is -2.48. The van der Waals surface area contributed by atoms with Crippen LogP contribution in [-0.2, 0) is 31.4 Å². The van der Waals surface area contributed by atoms with E-state index in [0.717, 1.165) is 42.8 Å². The number of benzene rings is 2. The van der Waals surface area contributed by atoms with Crippen molar-refractivity contribution < 1.29 is 27.8 Å². The summed E-state index contributed by atoms with van der Waals surface area (Å²) in [6.45, 7) is 1.94. The van der Waals surface area contributed by atoms with E-state index in [1.165, 1.54) is 17.2 Å². The highest BCUT2D eigenvalue weighted by molar-refractivity contribution is 7.89. The minimum Gasteiger partial charge on any atom is -0.490 e. The molecule has 3 atom stereocenters. The predicted molar refractivity (Wildman–Crippen MR) is 136 cm³/mol. The highest BCUT2D eigenvalue weighted by Crippen LogP contribution is 2.46. The second-order valence-corrected chi connectivity index (χ2v) is 12.3. The molecule has 194 valence electrons. The van der Waals surface area contributed by atoms with Crippen molar-refractivity contribution in [3.05, 3.63) is 52.5 Å². The van der Waals surface area contributed by atoms with Crippen molar-refractivity contribution in [2.24, 2.45) is 17.0 Å². The normalized spacial score (nSPS) is 25.3. The third-order valence-electron chi connectivity index (χ3n) is 7.92. The summed E-state index contributed by atoms with van der Waals surface area (Å²) in [5, 5.41) is 15.1. The second-order valence-electron chi connectivity index (χ2n) is 10.3. The van der Waals surface area contributed by atoms with Crippen LogP contribution in [0.4, 0.5) is 5.69 Å². The predicted octanol–water partition coefficient (Wildman–Crippen LogP) is 3.59. The molecule has 1 aliphatic heterocycles. The van der Waals surface area contributed by atoms with Gasteiger partial charge in [-0.25, -0.2) is 18.4 Å². The van der Waals surface area contributed by atoms with E-state index in [2.05, 4.69) is 11.0 Å². The molecule has 1 heterocycles. The minimum atomic E-state index is -3.88. The number of aliphatic carboxylic acids is 1. The molecule has 0 amide bonds. The highest BCUT2D eigenvalue weighted by Gasteiger charge is 2.43. The molecule has 0 bridgehead atoms. The summed E-state index contributed by atoms with van der Waals surface area (Å²) < 4.78 is 36.1. The Morgan fingerprint density at radius 3 is 2.75 bits per heavy atom. The number of nitrogens with two attached hydrogens (primary N) is 1. The van der Waals surface area contributed by atoms with Crippen LogP contribution in [0.1, 0.15) is 36.8 Å². The number of rotatable bonds is 7. The van der Waals surface area contributed by atoms with Gasteiger partial charge in [-0.05, 0) is 85.4 Å². The van der Waals surface area contributed by atoms with Crippen LogP contribution in [-0.4, -0.2) is 52.4 Å². The standard InChI is InChI=1S/C26H31ClN2O6S/c27-20-5-7-22-17(10-20)2-1-9-26(22)15-29(12-18-3-4-19(18)13-34-14-25(30)31)23-11-21(36(28,32)33)6-8-24(23)35-16-26/h5-8,10-11,18-19H,1-4,9,12-16H2,(H,30,31)(H2,28,32,33)/t18-,19-,26-/m0/s1. The lowest BCUT2D eigenvalue weighted by Gasteiger charge is -2.44. The molecule has 0 saturated heterocycles. The SMILES string of the molecule is NS(=O)(=O)c1ccc2c(c1)N(C[C@@H]1CC[C@H]1COCC(=O)O)C[C@@]1(CCCc3cc(Cl)ccc31)CO2. The molecule has 3 aliphatic rings. The van der Waals surface area contributed by atoms with Gasteiger partial charge in [0.2, 0.25) is 10.0 Å². The third kappa shape index (κ3) is 5.07. The van der Waals surface area contributed by atoms with Crippen LogP contribution in [0.25, 0.3) is 0 Å². The maximum atomic E-state index is 12.2. The quantitative estimate of drug-likeness (QED) is 0.557. The number of aryl methyl sites for hydroxylation is 1. The number of halogens is 1. The summed E-state index contributed by atoms with van der Waals surface area (Å²) in [6, 6.07) is 10.9. The molecule has 8 nitrogen and oxygen atoms in total. The molecule has 5 rings (SSSR count). The molecule has 0 radical (unpaired) electrons. The van der Waals surface area contributed by atoms with Crippen LogP contribution in [0.3, 0.4) is 0 Å². The van der Waals surface area contributed by atoms with E-state index in [1.54, 1.807) is 12.1 Å². The van der Waals surface area contributed by atoms with Gasteiger partial charge in [0.15, 0.2) is 0 Å². The van der Waals surface area contributed by atoms with Crippen molar-refractivity contribution in [1.82, 2.24) is 0 Å². The highest BCUT2D eigenvalue weighted by atomic mass is 35.5. The molecular formula is C26H31ClN2O6S. The fourth-order valence-corrected chi connectivity index (χ4v) is 6.68. The molecule has 2 aromatic rings. The lowest BCUT2D eigenvalue weighted by atomic mass is 9.69. The van der Waals surface area contributed by atoms with Gasteiger partial charge in [0.05, 0.1) is 23.8 Å². The number of hydrogen-bond donors (Lipinski definition) is 2. The van der Waals surface area contributed by atoms with E-state index >= 15 is 0 Å². The summed E-state index contributed by atoms with van der Waals surface area (Å²) in [4.78, 5) is 13.1. The number of ether oxygens (including phenoxy) is 2. The smallest absolute Gasteiger partial charge is 0.329 e. The molecule has 0 unspecified atom stereocenters. The Morgan fingerprint density at radius 2 is 2.03 bits per heavy atom. The number of hydrogen-bond acceptors (Lipinski definition) is 6. The van der Waals surface area contributed by atoms with E-state index in [1.807, 2.05) is 12.1 Å². The number of fused-ring (bicyclic) bond motifs is 3. The van der Waals surface area contributed by atoms with E-state index < -0.39 is 16.0 Å². The van der Waals surface area contributed by atoms with Crippen molar-refractivity contribution in [3.63, 3.8) is 0 Å². The Labute approximate surface area is 216 Å². The van der Waals surface area contributed by atoms with Crippen LogP contribution in [0, 0.1) is 11.8 Å². The van der Waals surface area contributed by atoms with Gasteiger partial charge >= 0.3 is 5.97 Å². The van der Waals surface area contributed by atoms with Crippen molar-refractivity contribution >= 4 is 33.3 Å². The Balaban J connectivity index is 1.49. The van der Waals surface area contributed by atoms with Gasteiger partial charge in [-0.2, -0.15) is 0 Å². The zero-order chi connectivity index (χ0) is 25.5. The largest absolute Gasteiger partial charge is 0.490 e. The number of nitrogens with zero attached hydrogens (tertiary/aromatic N) is 1. The summed E-state index contributed by atoms with van der Waals surface area (Å²) in [6.07, 6.45) is 4.90. The van der Waals surface area contributed by atoms with Gasteiger partial charge in [-0.15, -0.1) is 0 Å². The number of primary sulfonamides is 1. The number of anilines is 1. The first-order chi connectivity index (χ1) is 17.1. The molecule has 3 N–H and O–H groups in total. The maximum absolute atomic E-state index is 12.2. The van der Waals surface area contributed by atoms with Gasteiger partial charge < -0.3 is 19.5 Å². The van der Waals surface area contributed by atoms with Gasteiger partial charge in [0.25, 0.3) is 0 Å². The van der Waals surface area contributed by atoms with Crippen LogP contribution >= 0.6 is 11.6 Å².